The summed E-state index contributed by atoms with van der Waals surface area (Å²) < 4.78 is 0. The molecule has 1 fully saturated rings. The smallest absolute Gasteiger partial charge is 0.315 e. The minimum atomic E-state index is -0.544. The van der Waals surface area contributed by atoms with Gasteiger partial charge in [-0.05, 0) is 40.7 Å². The number of nitrogens with one attached hydrogen (secondary N) is 2. The van der Waals surface area contributed by atoms with Crippen LogP contribution in [0.2, 0.25) is 0 Å². The van der Waals surface area contributed by atoms with Crippen LogP contribution in [-0.2, 0) is 0 Å². The van der Waals surface area contributed by atoms with Crippen molar-refractivity contribution < 1.29 is 4.79 Å². The molecule has 0 aromatic rings. The zero-order valence-corrected chi connectivity index (χ0v) is 12.5. The molecular formula is C12H24N4OS. The number of nitrogens with two attached hydrogens (primary N) is 1. The van der Waals surface area contributed by atoms with Gasteiger partial charge in [-0.15, -0.1) is 0 Å². The van der Waals surface area contributed by atoms with Gasteiger partial charge in [-0.3, -0.25) is 0 Å². The molecule has 18 heavy (non-hydrogen) atoms. The van der Waals surface area contributed by atoms with Crippen LogP contribution in [0.4, 0.5) is 4.79 Å². The van der Waals surface area contributed by atoms with Crippen molar-refractivity contribution in [2.75, 3.05) is 20.1 Å². The number of carbonyl (C=O) groups is 1. The number of nitrogens with zero attached hydrogens (tertiary/aromatic N) is 1. The number of hydrogen-bond donors (Lipinski definition) is 3. The van der Waals surface area contributed by atoms with Crippen molar-refractivity contribution in [1.29, 1.82) is 0 Å². The molecule has 1 saturated heterocycles. The molecule has 4 N–H and O–H groups in total. The van der Waals surface area contributed by atoms with Crippen molar-refractivity contribution in [3.05, 3.63) is 0 Å². The predicted octanol–water partition coefficient (Wildman–Crippen LogP) is 0.835. The van der Waals surface area contributed by atoms with Crippen molar-refractivity contribution in [2.45, 2.75) is 44.7 Å². The maximum absolute atomic E-state index is 12.0. The van der Waals surface area contributed by atoms with Crippen LogP contribution in [0.15, 0.2) is 0 Å². The van der Waals surface area contributed by atoms with Gasteiger partial charge in [0.25, 0.3) is 0 Å². The van der Waals surface area contributed by atoms with Gasteiger partial charge >= 0.3 is 6.03 Å². The Hall–Kier alpha value is -0.880. The van der Waals surface area contributed by atoms with E-state index < -0.39 is 5.54 Å². The van der Waals surface area contributed by atoms with Gasteiger partial charge in [0, 0.05) is 18.6 Å². The first-order valence-electron chi connectivity index (χ1n) is 6.23. The first-order chi connectivity index (χ1) is 8.15. The summed E-state index contributed by atoms with van der Waals surface area (Å²) in [6, 6.07) is -0.208. The summed E-state index contributed by atoms with van der Waals surface area (Å²) in [7, 11) is 2.05. The zero-order valence-electron chi connectivity index (χ0n) is 11.7. The molecule has 1 aliphatic heterocycles. The van der Waals surface area contributed by atoms with Gasteiger partial charge in [0.2, 0.25) is 0 Å². The van der Waals surface area contributed by atoms with E-state index in [9.17, 15) is 4.79 Å². The van der Waals surface area contributed by atoms with Crippen LogP contribution >= 0.6 is 12.2 Å². The third-order valence-corrected chi connectivity index (χ3v) is 3.54. The molecule has 0 aromatic carbocycles. The highest BCUT2D eigenvalue weighted by atomic mass is 32.1. The van der Waals surface area contributed by atoms with Crippen LogP contribution in [0.5, 0.6) is 0 Å². The summed E-state index contributed by atoms with van der Waals surface area (Å²) in [5.41, 5.74) is 5.01. The lowest BCUT2D eigenvalue weighted by Crippen LogP contribution is -2.64. The summed E-state index contributed by atoms with van der Waals surface area (Å²) in [4.78, 5) is 14.5. The number of carbonyl (C=O) groups excluding carboxylic acids is 1. The quantitative estimate of drug-likeness (QED) is 0.651. The molecule has 0 atom stereocenters. The molecular weight excluding hydrogens is 248 g/mol. The van der Waals surface area contributed by atoms with Crippen molar-refractivity contribution in [3.63, 3.8) is 0 Å². The highest BCUT2D eigenvalue weighted by molar-refractivity contribution is 7.80. The Labute approximate surface area is 114 Å². The standard InChI is InChI=1S/C12H24N4OS/c1-11(2,3)14-10(17)15-12(9(13)18)5-7-16(4)8-6-12/h5-8H2,1-4H3,(H2,13,18)(H2,14,15,17). The Balaban J connectivity index is 2.70. The summed E-state index contributed by atoms with van der Waals surface area (Å²) in [6.07, 6.45) is 1.52. The van der Waals surface area contributed by atoms with E-state index >= 15 is 0 Å². The number of likely N-dealkylation sites (tertiary alicyclic amines) is 1. The second kappa shape index (κ2) is 5.40. The third-order valence-electron chi connectivity index (χ3n) is 3.15. The minimum Gasteiger partial charge on any atom is -0.391 e. The average molecular weight is 272 g/mol. The molecule has 0 radical (unpaired) electrons. The topological polar surface area (TPSA) is 70.4 Å². The maximum Gasteiger partial charge on any atom is 0.315 e. The molecule has 0 aliphatic carbocycles. The van der Waals surface area contributed by atoms with Crippen molar-refractivity contribution in [3.8, 4) is 0 Å². The summed E-state index contributed by atoms with van der Waals surface area (Å²) in [5, 5.41) is 5.84. The van der Waals surface area contributed by atoms with Gasteiger partial charge in [-0.2, -0.15) is 0 Å². The molecule has 104 valence electrons. The molecule has 5 nitrogen and oxygen atoms in total. The Morgan fingerprint density at radius 3 is 2.22 bits per heavy atom. The Morgan fingerprint density at radius 2 is 1.83 bits per heavy atom. The molecule has 0 saturated carbocycles. The SMILES string of the molecule is CN1CCC(NC(=O)NC(C)(C)C)(C(N)=S)CC1. The third kappa shape index (κ3) is 4.10. The lowest BCUT2D eigenvalue weighted by atomic mass is 9.87. The van der Waals surface area contributed by atoms with Crippen LogP contribution in [0.3, 0.4) is 0 Å². The van der Waals surface area contributed by atoms with Crippen molar-refractivity contribution in [1.82, 2.24) is 15.5 Å². The number of thiocarbonyl (C=S) groups is 1. The van der Waals surface area contributed by atoms with E-state index in [0.717, 1.165) is 25.9 Å². The molecule has 0 bridgehead atoms. The summed E-state index contributed by atoms with van der Waals surface area (Å²) >= 11 is 5.14. The van der Waals surface area contributed by atoms with E-state index in [1.165, 1.54) is 0 Å². The number of piperidine rings is 1. The number of amides is 2. The second-order valence-corrected chi connectivity index (χ2v) is 6.52. The first kappa shape index (κ1) is 15.2. The summed E-state index contributed by atoms with van der Waals surface area (Å²) in [6.45, 7) is 7.58. The van der Waals surface area contributed by atoms with Gasteiger partial charge in [-0.1, -0.05) is 12.2 Å². The number of rotatable bonds is 2. The van der Waals surface area contributed by atoms with Gasteiger partial charge in [-0.25, -0.2) is 4.79 Å². The molecule has 6 heteroatoms. The molecule has 2 amide bonds. The molecule has 1 heterocycles. The van der Waals surface area contributed by atoms with E-state index in [1.54, 1.807) is 0 Å². The van der Waals surface area contributed by atoms with Gasteiger partial charge in [0.1, 0.15) is 0 Å². The van der Waals surface area contributed by atoms with Crippen LogP contribution in [-0.4, -0.2) is 47.1 Å². The normalized spacial score (nSPS) is 20.2. The fourth-order valence-electron chi connectivity index (χ4n) is 2.02. The van der Waals surface area contributed by atoms with E-state index in [2.05, 4.69) is 22.6 Å². The largest absolute Gasteiger partial charge is 0.391 e. The fourth-order valence-corrected chi connectivity index (χ4v) is 2.28. The van der Waals surface area contributed by atoms with E-state index in [0.29, 0.717) is 4.99 Å². The average Bonchev–Trinajstić information content (AvgIpc) is 2.18. The second-order valence-electron chi connectivity index (χ2n) is 6.08. The molecule has 0 unspecified atom stereocenters. The van der Waals surface area contributed by atoms with Gasteiger partial charge in [0.05, 0.1) is 10.5 Å². The van der Waals surface area contributed by atoms with E-state index in [1.807, 2.05) is 20.8 Å². The van der Waals surface area contributed by atoms with Crippen LogP contribution < -0.4 is 16.4 Å². The predicted molar refractivity (Wildman–Crippen MR) is 77.7 cm³/mol. The number of hydrogen-bond acceptors (Lipinski definition) is 3. The van der Waals surface area contributed by atoms with Crippen LogP contribution in [0, 0.1) is 0 Å². The van der Waals surface area contributed by atoms with E-state index in [-0.39, 0.29) is 11.6 Å². The van der Waals surface area contributed by atoms with Crippen molar-refractivity contribution in [2.24, 2.45) is 5.73 Å². The van der Waals surface area contributed by atoms with Crippen LogP contribution in [0.25, 0.3) is 0 Å². The minimum absolute atomic E-state index is 0.208. The molecule has 1 rings (SSSR count). The first-order valence-corrected chi connectivity index (χ1v) is 6.64. The lowest BCUT2D eigenvalue weighted by molar-refractivity contribution is 0.189. The molecule has 0 aromatic heterocycles. The number of urea groups is 1. The fraction of sp³-hybridized carbons (Fsp3) is 0.833. The van der Waals surface area contributed by atoms with Crippen molar-refractivity contribution >= 4 is 23.2 Å². The Bertz CT molecular complexity index is 329. The molecule has 1 aliphatic rings. The zero-order chi connectivity index (χ0) is 14.0. The lowest BCUT2D eigenvalue weighted by Gasteiger charge is -2.41. The van der Waals surface area contributed by atoms with Gasteiger partial charge < -0.3 is 21.3 Å². The van der Waals surface area contributed by atoms with Crippen LogP contribution in [0.1, 0.15) is 33.6 Å². The van der Waals surface area contributed by atoms with Gasteiger partial charge in [0.15, 0.2) is 0 Å². The maximum atomic E-state index is 12.0. The highest BCUT2D eigenvalue weighted by Crippen LogP contribution is 2.22. The summed E-state index contributed by atoms with van der Waals surface area (Å²) in [5.74, 6) is 0. The highest BCUT2D eigenvalue weighted by Gasteiger charge is 2.38. The Morgan fingerprint density at radius 1 is 1.33 bits per heavy atom. The molecule has 0 spiro atoms. The van der Waals surface area contributed by atoms with E-state index in [4.69, 9.17) is 18.0 Å². The monoisotopic (exact) mass is 272 g/mol. The Kier molecular flexibility index (Phi) is 4.55.